The first-order chi connectivity index (χ1) is 55.1. The van der Waals surface area contributed by atoms with E-state index in [1.165, 1.54) is 30.7 Å². The highest BCUT2D eigenvalue weighted by atomic mass is 79.9. The van der Waals surface area contributed by atoms with E-state index in [-0.39, 0.29) is 80.6 Å². The molecule has 0 radical (unpaired) electrons. The summed E-state index contributed by atoms with van der Waals surface area (Å²) in [6.07, 6.45) is 6.37. The normalized spacial score (nSPS) is 20.5. The van der Waals surface area contributed by atoms with Gasteiger partial charge in [0, 0.05) is 52.4 Å². The largest absolute Gasteiger partial charge is 0.490 e. The molecule has 7 heterocycles. The predicted molar refractivity (Wildman–Crippen MR) is 412 cm³/mol. The fraction of sp³-hybridized carbons (Fsp3) is 0.312. The highest BCUT2D eigenvalue weighted by Gasteiger charge is 2.52. The van der Waals surface area contributed by atoms with Crippen LogP contribution < -0.4 is 33.2 Å². The van der Waals surface area contributed by atoms with Crippen LogP contribution in [0.3, 0.4) is 0 Å². The maximum Gasteiger partial charge on any atom is 0.490 e. The molecule has 9 aromatic rings. The van der Waals surface area contributed by atoms with E-state index in [0.717, 1.165) is 22.3 Å². The molecule has 3 aromatic heterocycles. The molecule has 105 heavy (non-hydrogen) atoms. The van der Waals surface area contributed by atoms with Crippen molar-refractivity contribution in [3.63, 3.8) is 0 Å². The molecule has 0 unspecified atom stereocenters. The Morgan fingerprint density at radius 1 is 0.514 bits per heavy atom. The Kier molecular flexibility index (Phi) is 23.4. The Bertz CT molecular complexity index is 4930. The van der Waals surface area contributed by atoms with Gasteiger partial charge in [-0.15, -0.1) is 0 Å². The van der Waals surface area contributed by atoms with Crippen LogP contribution in [0.4, 0.5) is 17.5 Å². The fourth-order valence-electron chi connectivity index (χ4n) is 10.5. The summed E-state index contributed by atoms with van der Waals surface area (Å²) in [4.78, 5) is 63.7. The first-order valence-electron chi connectivity index (χ1n) is 39.7. The smallest absolute Gasteiger partial charge is 0.400 e. The van der Waals surface area contributed by atoms with Crippen LogP contribution in [0.25, 0.3) is 39.3 Å². The van der Waals surface area contributed by atoms with Crippen LogP contribution in [0.1, 0.15) is 167 Å². The van der Waals surface area contributed by atoms with Crippen molar-refractivity contribution in [3.05, 3.63) is 249 Å². The van der Waals surface area contributed by atoms with Gasteiger partial charge in [-0.1, -0.05) is 153 Å². The minimum atomic E-state index is -2.29. The molecule has 548 valence electrons. The lowest BCUT2D eigenvalue weighted by molar-refractivity contribution is 0.00578. The van der Waals surface area contributed by atoms with E-state index in [2.05, 4.69) is 61.8 Å². The second-order valence-electron chi connectivity index (χ2n) is 24.6. The van der Waals surface area contributed by atoms with E-state index in [1.54, 1.807) is 72.8 Å². The highest BCUT2D eigenvalue weighted by molar-refractivity contribution is 9.10. The Morgan fingerprint density at radius 2 is 0.895 bits per heavy atom. The lowest BCUT2D eigenvalue weighted by Gasteiger charge is -2.32. The lowest BCUT2D eigenvalue weighted by Crippen LogP contribution is -2.41. The average Bonchev–Trinajstić information content (AvgIpc) is 1.65. The van der Waals surface area contributed by atoms with Gasteiger partial charge in [0.25, 0.3) is 17.7 Å². The predicted octanol–water partition coefficient (Wildman–Crippen LogP) is 12.0. The van der Waals surface area contributed by atoms with E-state index in [9.17, 15) is 29.7 Å². The number of aliphatic hydroxyl groups is 3. The first kappa shape index (κ1) is 63.5. The number of nitrogens with two attached hydrogens (primary N) is 3. The Morgan fingerprint density at radius 3 is 1.30 bits per heavy atom. The maximum absolute atomic E-state index is 12.7. The lowest BCUT2D eigenvalue weighted by atomic mass is 9.75. The molecule has 2 saturated heterocycles. The standard InChI is InChI=1S/C24H26N4O3.C24H24N4O3.C19H17BrN4O2.C11H19BO3.C2H6/c2*25-23-22(27-20(14-26-23)17-10-12-31-13-11-17)18-6-8-19(9-7-18)24(30)28-21(15-29)16-4-2-1-3-5-16;20-16-10-22-18(21)17(24-16)13-6-8-14(9-7-13)19(26)23-15(11-25)12-4-2-1-3-5-12;1-10(2)11(3,4)15-12(14-10)9-5-7-13-8-6-9;1-2/h1-9,14,17,21,29H,10-13,15H2,(H2,25,26)(H,28,30);1-10,14,21,29H,11-13,15H2,(H2,25,26)(H,28,30);1-10,15,25H,11H2,(H2,21,22)(H,23,26);5H,6-8H2,1-4H3;1-2H3/t2*21-;15-;;/m111../s1/i2*12D2,13D2;;7D2,8D2;. The number of aliphatic hydroxyl groups excluding tert-OH is 3. The minimum absolute atomic E-state index is 0.0584. The van der Waals surface area contributed by atoms with E-state index < -0.39 is 81.7 Å². The van der Waals surface area contributed by atoms with Gasteiger partial charge in [0.2, 0.25) is 0 Å². The third-order valence-electron chi connectivity index (χ3n) is 17.1. The maximum atomic E-state index is 12.7. The van der Waals surface area contributed by atoms with Crippen LogP contribution in [-0.4, -0.2) is 140 Å². The van der Waals surface area contributed by atoms with Gasteiger partial charge < -0.3 is 72.0 Å². The van der Waals surface area contributed by atoms with Crippen molar-refractivity contribution in [1.29, 1.82) is 0 Å². The number of nitrogens with zero attached hydrogens (tertiary/aromatic N) is 6. The molecular weight excluding hydrogens is 1400 g/mol. The summed E-state index contributed by atoms with van der Waals surface area (Å²) in [7, 11) is -0.737. The quantitative estimate of drug-likeness (QED) is 0.0360. The van der Waals surface area contributed by atoms with Crippen molar-refractivity contribution in [3.8, 4) is 33.8 Å². The summed E-state index contributed by atoms with van der Waals surface area (Å²) in [6.45, 7) is -2.03. The Hall–Kier alpha value is -9.93. The molecule has 23 nitrogen and oxygen atoms in total. The number of hydrogen-bond acceptors (Lipinski definition) is 20. The topological polar surface area (TPSA) is 350 Å². The van der Waals surface area contributed by atoms with Gasteiger partial charge in [-0.3, -0.25) is 14.4 Å². The first-order valence-corrected chi connectivity index (χ1v) is 34.5. The Labute approximate surface area is 638 Å². The van der Waals surface area contributed by atoms with Crippen molar-refractivity contribution < 1.29 is 69.7 Å². The second-order valence-corrected chi connectivity index (χ2v) is 25.4. The number of rotatable bonds is 18. The van der Waals surface area contributed by atoms with Gasteiger partial charge >= 0.3 is 7.12 Å². The molecule has 0 saturated carbocycles. The molecule has 4 aliphatic rings. The van der Waals surface area contributed by atoms with Gasteiger partial charge in [-0.2, -0.15) is 0 Å². The molecular formula is C80H92BBrN12O11. The summed E-state index contributed by atoms with van der Waals surface area (Å²) in [5, 5.41) is 37.4. The number of aromatic nitrogens is 6. The summed E-state index contributed by atoms with van der Waals surface area (Å²) < 4.78 is 120. The van der Waals surface area contributed by atoms with E-state index in [1.807, 2.05) is 133 Å². The SMILES string of the molecule is CC.Nc1ncc(Br)nc1-c1ccc(C(=O)N[C@H](CO)c2ccccc2)cc1.[2H]C1([2H])C=C(B2OC(C)(C)C(C)(C)O2)CC([2H])([2H])O1.[2H]C1([2H])C=C(c2cnc(N)c(-c3ccc(C(=O)N[C@H](CO)c4ccccc4)cc3)n2)CC([2H])([2H])O1.[2H]C1([2H])CC(c2cnc(N)c(-c3ccc(C(=O)N[C@H](CO)c4ccccc4)cc3)n2)CC([2H])([2H])O1. The number of carbonyl (C=O) groups is 3. The summed E-state index contributed by atoms with van der Waals surface area (Å²) >= 11 is 3.27. The van der Waals surface area contributed by atoms with E-state index in [4.69, 9.17) is 57.2 Å². The number of amides is 3. The summed E-state index contributed by atoms with van der Waals surface area (Å²) in [6, 6.07) is 46.1. The zero-order chi connectivity index (χ0) is 85.6. The minimum Gasteiger partial charge on any atom is -0.400 e. The molecule has 3 amide bonds. The van der Waals surface area contributed by atoms with Crippen LogP contribution in [0.2, 0.25) is 0 Å². The monoisotopic (exact) mass is 1500 g/mol. The molecule has 13 rings (SSSR count). The molecule has 12 N–H and O–H groups in total. The van der Waals surface area contributed by atoms with Crippen LogP contribution >= 0.6 is 15.9 Å². The summed E-state index contributed by atoms with van der Waals surface area (Å²) in [5.74, 6) is -0.910. The van der Waals surface area contributed by atoms with Gasteiger partial charge in [0.05, 0.1) is 122 Å². The molecule has 3 atom stereocenters. The van der Waals surface area contributed by atoms with Gasteiger partial charge in [0.1, 0.15) is 39.1 Å². The molecule has 25 heteroatoms. The van der Waals surface area contributed by atoms with Gasteiger partial charge in [-0.25, -0.2) is 29.9 Å². The van der Waals surface area contributed by atoms with Crippen molar-refractivity contribution in [2.75, 3.05) is 76.4 Å². The molecule has 6 aromatic carbocycles. The molecule has 4 aliphatic heterocycles. The molecule has 0 aliphatic carbocycles. The van der Waals surface area contributed by atoms with Crippen LogP contribution in [0.5, 0.6) is 0 Å². The number of benzene rings is 6. The van der Waals surface area contributed by atoms with E-state index >= 15 is 0 Å². The molecule has 0 bridgehead atoms. The second kappa shape index (κ2) is 38.7. The van der Waals surface area contributed by atoms with Crippen LogP contribution in [0.15, 0.2) is 205 Å². The van der Waals surface area contributed by atoms with Gasteiger partial charge in [-0.05, 0) is 133 Å². The number of hydrogen-bond donors (Lipinski definition) is 9. The molecule has 2 fully saturated rings. The van der Waals surface area contributed by atoms with E-state index in [0.29, 0.717) is 72.1 Å². The number of nitrogen functional groups attached to an aromatic ring is 3. The van der Waals surface area contributed by atoms with Crippen molar-refractivity contribution in [1.82, 2.24) is 45.9 Å². The van der Waals surface area contributed by atoms with Crippen molar-refractivity contribution in [2.24, 2.45) is 0 Å². The fourth-order valence-corrected chi connectivity index (χ4v) is 10.8. The number of anilines is 3. The van der Waals surface area contributed by atoms with Gasteiger partial charge in [0.15, 0.2) is 0 Å². The third kappa shape index (κ3) is 21.6. The zero-order valence-electron chi connectivity index (χ0n) is 70.7. The number of carbonyl (C=O) groups excluding carboxylic acids is 3. The number of ether oxygens (including phenoxy) is 3. The Balaban J connectivity index is 0.000000181. The average molecular weight is 1500 g/mol. The van der Waals surface area contributed by atoms with Crippen molar-refractivity contribution in [2.45, 2.75) is 102 Å². The number of halogens is 1. The van der Waals surface area contributed by atoms with Crippen molar-refractivity contribution >= 4 is 63.8 Å². The highest BCUT2D eigenvalue weighted by Crippen LogP contribution is 2.40. The third-order valence-corrected chi connectivity index (χ3v) is 17.5. The van der Waals surface area contributed by atoms with Crippen LogP contribution in [-0.2, 0) is 23.5 Å². The number of nitrogens with one attached hydrogen (secondary N) is 3. The summed E-state index contributed by atoms with van der Waals surface area (Å²) in [5.41, 5.74) is 25.2. The molecule has 0 spiro atoms. The zero-order valence-corrected chi connectivity index (χ0v) is 60.3. The van der Waals surface area contributed by atoms with Crippen LogP contribution in [0, 0.1) is 0 Å².